The number of hydrogen-bond donors (Lipinski definition) is 1. The molecule has 1 saturated carbocycles. The van der Waals surface area contributed by atoms with E-state index in [0.29, 0.717) is 0 Å². The molecule has 1 aromatic rings. The summed E-state index contributed by atoms with van der Waals surface area (Å²) in [6.45, 7) is 4.86. The molecule has 0 heterocycles. The molecule has 1 fully saturated rings. The maximum Gasteiger partial charge on any atom is 0.165 e. The second-order valence-electron chi connectivity index (χ2n) is 5.23. The van der Waals surface area contributed by atoms with Crippen LogP contribution >= 0.6 is 0 Å². The average molecular weight is 263 g/mol. The van der Waals surface area contributed by atoms with Crippen molar-refractivity contribution in [2.45, 2.75) is 39.2 Å². The van der Waals surface area contributed by atoms with Crippen LogP contribution in [0.5, 0.6) is 11.5 Å². The molecule has 0 aromatic heterocycles. The standard InChI is InChI=1S/C16H25NO2/c1-3-10-17-11-14-8-5-9-15(18-2)16(14)19-12-13-6-4-7-13/h5,8-9,13,17H,3-4,6-7,10-12H2,1-2H3. The Morgan fingerprint density at radius 2 is 2.16 bits per heavy atom. The Labute approximate surface area is 116 Å². The lowest BCUT2D eigenvalue weighted by Gasteiger charge is -2.26. The molecule has 1 aliphatic carbocycles. The third-order valence-electron chi connectivity index (χ3n) is 3.71. The van der Waals surface area contributed by atoms with Crippen molar-refractivity contribution in [2.24, 2.45) is 5.92 Å². The molecule has 1 aromatic carbocycles. The Balaban J connectivity index is 2.01. The lowest BCUT2D eigenvalue weighted by Crippen LogP contribution is -2.21. The van der Waals surface area contributed by atoms with Crippen molar-refractivity contribution < 1.29 is 9.47 Å². The topological polar surface area (TPSA) is 30.5 Å². The van der Waals surface area contributed by atoms with E-state index in [2.05, 4.69) is 18.3 Å². The van der Waals surface area contributed by atoms with Gasteiger partial charge in [-0.3, -0.25) is 0 Å². The van der Waals surface area contributed by atoms with Crippen LogP contribution in [-0.4, -0.2) is 20.3 Å². The quantitative estimate of drug-likeness (QED) is 0.729. The number of nitrogens with one attached hydrogen (secondary N) is 1. The highest BCUT2D eigenvalue weighted by Gasteiger charge is 2.19. The number of rotatable bonds is 8. The second-order valence-corrected chi connectivity index (χ2v) is 5.23. The summed E-state index contributed by atoms with van der Waals surface area (Å²) < 4.78 is 11.5. The predicted molar refractivity (Wildman–Crippen MR) is 77.8 cm³/mol. The summed E-state index contributed by atoms with van der Waals surface area (Å²) in [4.78, 5) is 0. The number of hydrogen-bond acceptors (Lipinski definition) is 3. The number of methoxy groups -OCH3 is 1. The van der Waals surface area contributed by atoms with Gasteiger partial charge in [-0.15, -0.1) is 0 Å². The van der Waals surface area contributed by atoms with Gasteiger partial charge in [-0.25, -0.2) is 0 Å². The van der Waals surface area contributed by atoms with Gasteiger partial charge < -0.3 is 14.8 Å². The molecule has 1 aliphatic rings. The van der Waals surface area contributed by atoms with Crippen molar-refractivity contribution in [3.8, 4) is 11.5 Å². The molecule has 0 amide bonds. The Hall–Kier alpha value is -1.22. The molecule has 0 aliphatic heterocycles. The van der Waals surface area contributed by atoms with Crippen LogP contribution in [0.15, 0.2) is 18.2 Å². The van der Waals surface area contributed by atoms with E-state index >= 15 is 0 Å². The highest BCUT2D eigenvalue weighted by molar-refractivity contribution is 5.46. The summed E-state index contributed by atoms with van der Waals surface area (Å²) in [6.07, 6.45) is 5.10. The Kier molecular flexibility index (Phi) is 5.52. The summed E-state index contributed by atoms with van der Waals surface area (Å²) in [7, 11) is 1.70. The fraction of sp³-hybridized carbons (Fsp3) is 0.625. The van der Waals surface area contributed by atoms with Gasteiger partial charge in [0.05, 0.1) is 13.7 Å². The van der Waals surface area contributed by atoms with E-state index in [1.54, 1.807) is 7.11 Å². The van der Waals surface area contributed by atoms with E-state index < -0.39 is 0 Å². The average Bonchev–Trinajstić information content (AvgIpc) is 2.38. The maximum absolute atomic E-state index is 6.03. The van der Waals surface area contributed by atoms with Gasteiger partial charge in [-0.05, 0) is 37.8 Å². The van der Waals surface area contributed by atoms with Crippen molar-refractivity contribution in [3.63, 3.8) is 0 Å². The second kappa shape index (κ2) is 7.39. The van der Waals surface area contributed by atoms with Crippen LogP contribution in [0.3, 0.4) is 0 Å². The minimum absolute atomic E-state index is 0.737. The van der Waals surface area contributed by atoms with Crippen LogP contribution in [0.4, 0.5) is 0 Å². The van der Waals surface area contributed by atoms with Crippen LogP contribution in [0.2, 0.25) is 0 Å². The first kappa shape index (κ1) is 14.2. The summed E-state index contributed by atoms with van der Waals surface area (Å²) in [6, 6.07) is 6.11. The van der Waals surface area contributed by atoms with Gasteiger partial charge in [-0.2, -0.15) is 0 Å². The number of para-hydroxylation sites is 1. The van der Waals surface area contributed by atoms with Crippen molar-refractivity contribution >= 4 is 0 Å². The van der Waals surface area contributed by atoms with Gasteiger partial charge in [0.25, 0.3) is 0 Å². The summed E-state index contributed by atoms with van der Waals surface area (Å²) in [5.41, 5.74) is 1.19. The molecule has 0 spiro atoms. The van der Waals surface area contributed by atoms with E-state index in [1.165, 1.54) is 24.8 Å². The number of benzene rings is 1. The summed E-state index contributed by atoms with van der Waals surface area (Å²) >= 11 is 0. The molecule has 0 bridgehead atoms. The minimum Gasteiger partial charge on any atom is -0.493 e. The van der Waals surface area contributed by atoms with Crippen molar-refractivity contribution in [1.29, 1.82) is 0 Å². The van der Waals surface area contributed by atoms with Crippen LogP contribution < -0.4 is 14.8 Å². The zero-order valence-electron chi connectivity index (χ0n) is 12.1. The molecule has 0 atom stereocenters. The van der Waals surface area contributed by atoms with E-state index in [-0.39, 0.29) is 0 Å². The molecule has 1 N–H and O–H groups in total. The van der Waals surface area contributed by atoms with Gasteiger partial charge in [0.15, 0.2) is 11.5 Å². The first-order valence-corrected chi connectivity index (χ1v) is 7.34. The number of ether oxygens (including phenoxy) is 2. The molecule has 19 heavy (non-hydrogen) atoms. The van der Waals surface area contributed by atoms with Crippen LogP contribution in [0, 0.1) is 5.92 Å². The van der Waals surface area contributed by atoms with Crippen LogP contribution in [0.1, 0.15) is 38.2 Å². The van der Waals surface area contributed by atoms with Crippen molar-refractivity contribution in [1.82, 2.24) is 5.32 Å². The molecule has 3 heteroatoms. The largest absolute Gasteiger partial charge is 0.493 e. The monoisotopic (exact) mass is 263 g/mol. The zero-order chi connectivity index (χ0) is 13.5. The first-order chi connectivity index (χ1) is 9.35. The molecular formula is C16H25NO2. The van der Waals surface area contributed by atoms with Gasteiger partial charge in [0.2, 0.25) is 0 Å². The van der Waals surface area contributed by atoms with Crippen molar-refractivity contribution in [2.75, 3.05) is 20.3 Å². The van der Waals surface area contributed by atoms with E-state index in [4.69, 9.17) is 9.47 Å². The van der Waals surface area contributed by atoms with E-state index in [0.717, 1.165) is 43.5 Å². The van der Waals surface area contributed by atoms with Crippen molar-refractivity contribution in [3.05, 3.63) is 23.8 Å². The molecule has 2 rings (SSSR count). The first-order valence-electron chi connectivity index (χ1n) is 7.34. The Bertz CT molecular complexity index is 388. The highest BCUT2D eigenvalue weighted by Crippen LogP contribution is 2.33. The zero-order valence-corrected chi connectivity index (χ0v) is 12.1. The third kappa shape index (κ3) is 3.87. The third-order valence-corrected chi connectivity index (χ3v) is 3.71. The van der Waals surface area contributed by atoms with E-state index in [1.807, 2.05) is 12.1 Å². The SMILES string of the molecule is CCCNCc1cccc(OC)c1OCC1CCC1. The smallest absolute Gasteiger partial charge is 0.165 e. The van der Waals surface area contributed by atoms with Gasteiger partial charge in [-0.1, -0.05) is 25.5 Å². The fourth-order valence-electron chi connectivity index (χ4n) is 2.29. The molecule has 0 unspecified atom stereocenters. The maximum atomic E-state index is 6.03. The highest BCUT2D eigenvalue weighted by atomic mass is 16.5. The van der Waals surface area contributed by atoms with Crippen LogP contribution in [0.25, 0.3) is 0 Å². The normalized spacial score (nSPS) is 15.1. The van der Waals surface area contributed by atoms with Gasteiger partial charge in [0.1, 0.15) is 0 Å². The molecule has 3 nitrogen and oxygen atoms in total. The minimum atomic E-state index is 0.737. The van der Waals surface area contributed by atoms with Gasteiger partial charge >= 0.3 is 0 Å². The summed E-state index contributed by atoms with van der Waals surface area (Å²) in [5, 5.41) is 3.42. The Morgan fingerprint density at radius 1 is 1.32 bits per heavy atom. The molecular weight excluding hydrogens is 238 g/mol. The predicted octanol–water partition coefficient (Wildman–Crippen LogP) is 3.37. The molecule has 106 valence electrons. The molecule has 0 radical (unpaired) electrons. The molecule has 0 saturated heterocycles. The van der Waals surface area contributed by atoms with Gasteiger partial charge in [0, 0.05) is 12.1 Å². The Morgan fingerprint density at radius 3 is 2.79 bits per heavy atom. The lowest BCUT2D eigenvalue weighted by atomic mass is 9.86. The lowest BCUT2D eigenvalue weighted by molar-refractivity contribution is 0.174. The van der Waals surface area contributed by atoms with Crippen LogP contribution in [-0.2, 0) is 6.54 Å². The van der Waals surface area contributed by atoms with E-state index in [9.17, 15) is 0 Å². The summed E-state index contributed by atoms with van der Waals surface area (Å²) in [5.74, 6) is 2.50. The fourth-order valence-corrected chi connectivity index (χ4v) is 2.29.